The second-order valence-corrected chi connectivity index (χ2v) is 5.37. The largest absolute Gasteiger partial charge is 0.508 e. The number of nitrogens with zero attached hydrogens (tertiary/aromatic N) is 1. The molecule has 22 heavy (non-hydrogen) atoms. The lowest BCUT2D eigenvalue weighted by molar-refractivity contribution is 0.160. The number of piperazine rings is 1. The monoisotopic (exact) mass is 350 g/mol. The highest BCUT2D eigenvalue weighted by atomic mass is 35.5. The molecule has 4 nitrogen and oxygen atoms in total. The molecule has 0 bridgehead atoms. The summed E-state index contributed by atoms with van der Waals surface area (Å²) in [6.07, 6.45) is 3.43. The van der Waals surface area contributed by atoms with Crippen molar-refractivity contribution in [2.45, 2.75) is 32.2 Å². The summed E-state index contributed by atoms with van der Waals surface area (Å²) < 4.78 is 5.31. The van der Waals surface area contributed by atoms with Crippen molar-refractivity contribution in [1.82, 2.24) is 10.2 Å². The number of phenols is 1. The molecular formula is C16H28Cl2N2O2. The Kier molecular flexibility index (Phi) is 10.6. The van der Waals surface area contributed by atoms with Crippen molar-refractivity contribution < 1.29 is 9.84 Å². The molecule has 0 unspecified atom stereocenters. The second kappa shape index (κ2) is 10.9. The Morgan fingerprint density at radius 1 is 1.27 bits per heavy atom. The zero-order valence-electron chi connectivity index (χ0n) is 13.4. The maximum absolute atomic E-state index is 10.2. The average molecular weight is 351 g/mol. The quantitative estimate of drug-likeness (QED) is 0.825. The minimum absolute atomic E-state index is 0. The van der Waals surface area contributed by atoms with Gasteiger partial charge in [-0.25, -0.2) is 0 Å². The molecule has 2 N–H and O–H groups in total. The van der Waals surface area contributed by atoms with Gasteiger partial charge >= 0.3 is 0 Å². The first-order valence-corrected chi connectivity index (χ1v) is 7.58. The van der Waals surface area contributed by atoms with Crippen molar-refractivity contribution >= 4 is 24.8 Å². The normalized spacial score (nSPS) is 16.3. The summed E-state index contributed by atoms with van der Waals surface area (Å²) in [5, 5.41) is 13.6. The van der Waals surface area contributed by atoms with Gasteiger partial charge in [0.15, 0.2) is 0 Å². The molecule has 2 rings (SSSR count). The van der Waals surface area contributed by atoms with E-state index in [0.29, 0.717) is 5.75 Å². The molecule has 0 amide bonds. The van der Waals surface area contributed by atoms with E-state index in [-0.39, 0.29) is 30.9 Å². The Labute approximate surface area is 146 Å². The Balaban J connectivity index is 0.00000220. The molecule has 0 radical (unpaired) electrons. The van der Waals surface area contributed by atoms with Crippen LogP contribution >= 0.6 is 24.8 Å². The topological polar surface area (TPSA) is 44.7 Å². The molecule has 0 saturated carbocycles. The Morgan fingerprint density at radius 3 is 2.55 bits per heavy atom. The minimum atomic E-state index is 0. The fraction of sp³-hybridized carbons (Fsp3) is 0.625. The number of hydrogen-bond acceptors (Lipinski definition) is 4. The molecule has 1 heterocycles. The molecular weight excluding hydrogens is 323 g/mol. The van der Waals surface area contributed by atoms with Gasteiger partial charge in [0.1, 0.15) is 11.5 Å². The highest BCUT2D eigenvalue weighted by molar-refractivity contribution is 5.85. The molecule has 128 valence electrons. The number of nitrogens with one attached hydrogen (secondary N) is 1. The van der Waals surface area contributed by atoms with Gasteiger partial charge in [0.05, 0.1) is 7.11 Å². The number of methoxy groups -OCH3 is 1. The van der Waals surface area contributed by atoms with Gasteiger partial charge in [-0.2, -0.15) is 0 Å². The summed E-state index contributed by atoms with van der Waals surface area (Å²) in [6.45, 7) is 6.32. The van der Waals surface area contributed by atoms with Crippen LogP contribution in [0.5, 0.6) is 11.5 Å². The molecule has 1 saturated heterocycles. The summed E-state index contributed by atoms with van der Waals surface area (Å²) in [4.78, 5) is 2.47. The van der Waals surface area contributed by atoms with Crippen LogP contribution in [0.1, 0.15) is 37.8 Å². The standard InChI is InChI=1S/C16H26N2O2.2ClH/c1-3-4-5-15(18-10-8-17-9-11-18)14-12-13(20-2)6-7-16(14)19;;/h6-7,12,15,17,19H,3-5,8-11H2,1-2H3;2*1H/t15-;;/m0../s1. The third kappa shape index (κ3) is 5.51. The summed E-state index contributed by atoms with van der Waals surface area (Å²) in [5.41, 5.74) is 1.000. The number of aromatic hydroxyl groups is 1. The number of halogens is 2. The Bertz CT molecular complexity index is 427. The molecule has 1 aliphatic rings. The lowest BCUT2D eigenvalue weighted by atomic mass is 9.97. The maximum atomic E-state index is 10.2. The predicted molar refractivity (Wildman–Crippen MR) is 95.9 cm³/mol. The zero-order chi connectivity index (χ0) is 14.4. The highest BCUT2D eigenvalue weighted by Crippen LogP contribution is 2.35. The summed E-state index contributed by atoms with van der Waals surface area (Å²) >= 11 is 0. The van der Waals surface area contributed by atoms with Crippen LogP contribution in [-0.4, -0.2) is 43.3 Å². The van der Waals surface area contributed by atoms with Crippen LogP contribution in [0.3, 0.4) is 0 Å². The van der Waals surface area contributed by atoms with E-state index in [0.717, 1.165) is 43.9 Å². The summed E-state index contributed by atoms with van der Waals surface area (Å²) in [7, 11) is 1.67. The molecule has 0 spiro atoms. The van der Waals surface area contributed by atoms with Crippen LogP contribution < -0.4 is 10.1 Å². The minimum Gasteiger partial charge on any atom is -0.508 e. The Morgan fingerprint density at radius 2 is 1.95 bits per heavy atom. The van der Waals surface area contributed by atoms with Gasteiger partial charge in [-0.3, -0.25) is 4.90 Å². The predicted octanol–water partition coefficient (Wildman–Crippen LogP) is 3.38. The van der Waals surface area contributed by atoms with Crippen molar-refractivity contribution in [3.8, 4) is 11.5 Å². The van der Waals surface area contributed by atoms with Crippen LogP contribution in [0.4, 0.5) is 0 Å². The SMILES string of the molecule is CCCC[C@@H](c1cc(OC)ccc1O)N1CCNCC1.Cl.Cl. The van der Waals surface area contributed by atoms with Crippen LogP contribution in [0, 0.1) is 0 Å². The number of hydrogen-bond donors (Lipinski definition) is 2. The first-order valence-electron chi connectivity index (χ1n) is 7.58. The van der Waals surface area contributed by atoms with E-state index in [1.807, 2.05) is 12.1 Å². The highest BCUT2D eigenvalue weighted by Gasteiger charge is 2.24. The van der Waals surface area contributed by atoms with Gasteiger partial charge in [0, 0.05) is 37.8 Å². The van der Waals surface area contributed by atoms with E-state index in [4.69, 9.17) is 4.74 Å². The lowest BCUT2D eigenvalue weighted by Crippen LogP contribution is -2.45. The fourth-order valence-corrected chi connectivity index (χ4v) is 2.85. The van der Waals surface area contributed by atoms with Gasteiger partial charge in [0.25, 0.3) is 0 Å². The molecule has 1 atom stereocenters. The van der Waals surface area contributed by atoms with Gasteiger partial charge in [-0.1, -0.05) is 19.8 Å². The van der Waals surface area contributed by atoms with Crippen LogP contribution in [0.15, 0.2) is 18.2 Å². The molecule has 1 fully saturated rings. The smallest absolute Gasteiger partial charge is 0.120 e. The first kappa shape index (κ1) is 21.3. The molecule has 0 aromatic heterocycles. The van der Waals surface area contributed by atoms with E-state index in [1.165, 1.54) is 12.8 Å². The van der Waals surface area contributed by atoms with Crippen molar-refractivity contribution in [1.29, 1.82) is 0 Å². The average Bonchev–Trinajstić information content (AvgIpc) is 2.50. The first-order chi connectivity index (χ1) is 9.76. The van der Waals surface area contributed by atoms with Gasteiger partial charge in [-0.15, -0.1) is 24.8 Å². The van der Waals surface area contributed by atoms with E-state index >= 15 is 0 Å². The third-order valence-electron chi connectivity index (χ3n) is 4.02. The third-order valence-corrected chi connectivity index (χ3v) is 4.02. The van der Waals surface area contributed by atoms with Crippen molar-refractivity contribution in [3.05, 3.63) is 23.8 Å². The van der Waals surface area contributed by atoms with Crippen molar-refractivity contribution in [2.24, 2.45) is 0 Å². The van der Waals surface area contributed by atoms with Gasteiger partial charge in [-0.05, 0) is 24.6 Å². The second-order valence-electron chi connectivity index (χ2n) is 5.37. The Hall–Kier alpha value is -0.680. The molecule has 0 aliphatic carbocycles. The van der Waals surface area contributed by atoms with Crippen molar-refractivity contribution in [2.75, 3.05) is 33.3 Å². The number of ether oxygens (including phenoxy) is 1. The molecule has 1 aromatic carbocycles. The zero-order valence-corrected chi connectivity index (χ0v) is 15.0. The lowest BCUT2D eigenvalue weighted by Gasteiger charge is -2.35. The summed E-state index contributed by atoms with van der Waals surface area (Å²) in [5.74, 6) is 1.19. The fourth-order valence-electron chi connectivity index (χ4n) is 2.85. The van der Waals surface area contributed by atoms with E-state index in [9.17, 15) is 5.11 Å². The van der Waals surface area contributed by atoms with E-state index in [2.05, 4.69) is 17.1 Å². The maximum Gasteiger partial charge on any atom is 0.120 e. The van der Waals surface area contributed by atoms with Crippen molar-refractivity contribution in [3.63, 3.8) is 0 Å². The number of unbranched alkanes of at least 4 members (excludes halogenated alkanes) is 1. The van der Waals surface area contributed by atoms with Crippen LogP contribution in [-0.2, 0) is 0 Å². The van der Waals surface area contributed by atoms with Gasteiger partial charge < -0.3 is 15.2 Å². The number of phenolic OH excluding ortho intramolecular Hbond substituents is 1. The number of benzene rings is 1. The summed E-state index contributed by atoms with van der Waals surface area (Å²) in [6, 6.07) is 5.83. The molecule has 6 heteroatoms. The number of rotatable bonds is 6. The van der Waals surface area contributed by atoms with Crippen LogP contribution in [0.25, 0.3) is 0 Å². The van der Waals surface area contributed by atoms with E-state index in [1.54, 1.807) is 13.2 Å². The molecule has 1 aromatic rings. The van der Waals surface area contributed by atoms with E-state index < -0.39 is 0 Å². The van der Waals surface area contributed by atoms with Crippen LogP contribution in [0.2, 0.25) is 0 Å². The van der Waals surface area contributed by atoms with Gasteiger partial charge in [0.2, 0.25) is 0 Å². The molecule has 1 aliphatic heterocycles.